The molecule has 1 aromatic rings. The highest BCUT2D eigenvalue weighted by molar-refractivity contribution is 7.53. The second kappa shape index (κ2) is 3.92. The SMILES string of the molecule is CC(N)P(=O)(O)Oc1ccccc1. The van der Waals surface area contributed by atoms with Gasteiger partial charge in [-0.25, -0.2) is 4.57 Å². The van der Waals surface area contributed by atoms with Crippen molar-refractivity contribution in [2.45, 2.75) is 12.7 Å². The Morgan fingerprint density at radius 3 is 2.46 bits per heavy atom. The minimum absolute atomic E-state index is 0.352. The van der Waals surface area contributed by atoms with Crippen LogP contribution < -0.4 is 10.3 Å². The van der Waals surface area contributed by atoms with E-state index in [9.17, 15) is 9.46 Å². The van der Waals surface area contributed by atoms with Crippen molar-refractivity contribution >= 4 is 7.60 Å². The van der Waals surface area contributed by atoms with E-state index in [4.69, 9.17) is 10.3 Å². The molecule has 5 heteroatoms. The van der Waals surface area contributed by atoms with Crippen LogP contribution in [0.15, 0.2) is 30.3 Å². The highest BCUT2D eigenvalue weighted by Crippen LogP contribution is 2.44. The van der Waals surface area contributed by atoms with Crippen LogP contribution in [0.1, 0.15) is 6.92 Å². The van der Waals surface area contributed by atoms with Gasteiger partial charge in [-0.2, -0.15) is 0 Å². The summed E-state index contributed by atoms with van der Waals surface area (Å²) in [6.45, 7) is 1.43. The third-order valence-electron chi connectivity index (χ3n) is 1.49. The fourth-order valence-electron chi connectivity index (χ4n) is 0.716. The van der Waals surface area contributed by atoms with E-state index in [2.05, 4.69) is 0 Å². The van der Waals surface area contributed by atoms with Crippen molar-refractivity contribution in [1.82, 2.24) is 0 Å². The number of hydrogen-bond donors (Lipinski definition) is 2. The predicted molar refractivity (Wildman–Crippen MR) is 50.5 cm³/mol. The number of benzene rings is 1. The number of rotatable bonds is 3. The predicted octanol–water partition coefficient (Wildman–Crippen LogP) is 1.56. The van der Waals surface area contributed by atoms with Crippen molar-refractivity contribution in [2.24, 2.45) is 5.73 Å². The van der Waals surface area contributed by atoms with E-state index in [1.165, 1.54) is 6.92 Å². The molecule has 4 nitrogen and oxygen atoms in total. The Bertz CT molecular complexity index is 312. The second-order valence-electron chi connectivity index (χ2n) is 2.71. The summed E-state index contributed by atoms with van der Waals surface area (Å²) in [7, 11) is -3.71. The molecule has 0 aliphatic carbocycles. The van der Waals surface area contributed by atoms with E-state index < -0.39 is 13.4 Å². The van der Waals surface area contributed by atoms with Crippen molar-refractivity contribution in [1.29, 1.82) is 0 Å². The molecule has 2 unspecified atom stereocenters. The smallest absolute Gasteiger partial charge is 0.392 e. The minimum atomic E-state index is -3.71. The quantitative estimate of drug-likeness (QED) is 0.728. The first-order valence-electron chi connectivity index (χ1n) is 3.85. The monoisotopic (exact) mass is 201 g/mol. The van der Waals surface area contributed by atoms with Crippen LogP contribution in [0, 0.1) is 0 Å². The van der Waals surface area contributed by atoms with Crippen LogP contribution >= 0.6 is 7.60 Å². The Hall–Kier alpha value is -0.830. The molecule has 0 fully saturated rings. The van der Waals surface area contributed by atoms with Crippen molar-refractivity contribution in [3.8, 4) is 5.75 Å². The normalized spacial score (nSPS) is 17.5. The minimum Gasteiger partial charge on any atom is -0.423 e. The molecular weight excluding hydrogens is 189 g/mol. The molecule has 0 radical (unpaired) electrons. The Balaban J connectivity index is 2.76. The van der Waals surface area contributed by atoms with Crippen LogP contribution in [0.4, 0.5) is 0 Å². The summed E-state index contributed by atoms with van der Waals surface area (Å²) in [6, 6.07) is 8.44. The number of para-hydroxylation sites is 1. The summed E-state index contributed by atoms with van der Waals surface area (Å²) in [5.41, 5.74) is 5.28. The average Bonchev–Trinajstić information content (AvgIpc) is 2.05. The molecule has 0 bridgehead atoms. The molecule has 0 saturated heterocycles. The molecule has 0 aliphatic heterocycles. The van der Waals surface area contributed by atoms with Crippen LogP contribution in [0.5, 0.6) is 5.75 Å². The first-order valence-corrected chi connectivity index (χ1v) is 5.50. The van der Waals surface area contributed by atoms with Crippen molar-refractivity contribution in [2.75, 3.05) is 0 Å². The maximum atomic E-state index is 11.3. The van der Waals surface area contributed by atoms with Crippen molar-refractivity contribution < 1.29 is 14.0 Å². The summed E-state index contributed by atoms with van der Waals surface area (Å²) < 4.78 is 16.1. The summed E-state index contributed by atoms with van der Waals surface area (Å²) >= 11 is 0. The summed E-state index contributed by atoms with van der Waals surface area (Å²) in [5.74, 6) is -0.529. The van der Waals surface area contributed by atoms with Gasteiger partial charge in [-0.05, 0) is 19.1 Å². The topological polar surface area (TPSA) is 72.6 Å². The zero-order chi connectivity index (χ0) is 9.90. The van der Waals surface area contributed by atoms with E-state index in [1.54, 1.807) is 30.3 Å². The van der Waals surface area contributed by atoms with Gasteiger partial charge in [0, 0.05) is 0 Å². The van der Waals surface area contributed by atoms with Gasteiger partial charge >= 0.3 is 7.60 Å². The molecule has 3 N–H and O–H groups in total. The number of nitrogens with two attached hydrogens (primary N) is 1. The molecule has 72 valence electrons. The molecule has 0 amide bonds. The Labute approximate surface area is 76.9 Å². The zero-order valence-electron chi connectivity index (χ0n) is 7.25. The molecule has 1 rings (SSSR count). The molecule has 0 saturated carbocycles. The average molecular weight is 201 g/mol. The van der Waals surface area contributed by atoms with Crippen molar-refractivity contribution in [3.05, 3.63) is 30.3 Å². The third kappa shape index (κ3) is 2.84. The van der Waals surface area contributed by atoms with Gasteiger partial charge in [-0.3, -0.25) is 0 Å². The van der Waals surface area contributed by atoms with Gasteiger partial charge in [0.05, 0.1) is 0 Å². The summed E-state index contributed by atoms with van der Waals surface area (Å²) in [6.07, 6.45) is 0. The van der Waals surface area contributed by atoms with Crippen LogP contribution in [-0.2, 0) is 4.57 Å². The van der Waals surface area contributed by atoms with Gasteiger partial charge in [-0.1, -0.05) is 18.2 Å². The highest BCUT2D eigenvalue weighted by atomic mass is 31.2. The van der Waals surface area contributed by atoms with Gasteiger partial charge in [0.15, 0.2) is 0 Å². The standard InChI is InChI=1S/C8H12NO3P/c1-7(9)13(10,11)12-8-5-3-2-4-6-8/h2-7H,9H2,1H3,(H,10,11). The van der Waals surface area contributed by atoms with Gasteiger partial charge < -0.3 is 15.2 Å². The first kappa shape index (κ1) is 10.3. The lowest BCUT2D eigenvalue weighted by molar-refractivity contribution is 0.368. The second-order valence-corrected chi connectivity index (χ2v) is 4.83. The largest absolute Gasteiger partial charge is 0.423 e. The first-order chi connectivity index (χ1) is 6.02. The van der Waals surface area contributed by atoms with Crippen LogP contribution in [-0.4, -0.2) is 10.7 Å². The molecule has 0 heterocycles. The third-order valence-corrected chi connectivity index (χ3v) is 3.00. The Morgan fingerprint density at radius 2 is 2.00 bits per heavy atom. The van der Waals surface area contributed by atoms with Crippen LogP contribution in [0.2, 0.25) is 0 Å². The van der Waals surface area contributed by atoms with Crippen molar-refractivity contribution in [3.63, 3.8) is 0 Å². The summed E-state index contributed by atoms with van der Waals surface area (Å²) in [5, 5.41) is 0. The number of hydrogen-bond acceptors (Lipinski definition) is 3. The molecule has 1 aromatic carbocycles. The lowest BCUT2D eigenvalue weighted by Gasteiger charge is -2.15. The Kier molecular flexibility index (Phi) is 3.09. The van der Waals surface area contributed by atoms with E-state index in [0.29, 0.717) is 5.75 Å². The summed E-state index contributed by atoms with van der Waals surface area (Å²) in [4.78, 5) is 9.25. The Morgan fingerprint density at radius 1 is 1.46 bits per heavy atom. The van der Waals surface area contributed by atoms with Gasteiger partial charge in [0.2, 0.25) is 0 Å². The zero-order valence-corrected chi connectivity index (χ0v) is 8.15. The highest BCUT2D eigenvalue weighted by Gasteiger charge is 2.26. The van der Waals surface area contributed by atoms with Gasteiger partial charge in [-0.15, -0.1) is 0 Å². The van der Waals surface area contributed by atoms with Gasteiger partial charge in [0.1, 0.15) is 11.5 Å². The molecule has 2 atom stereocenters. The van der Waals surface area contributed by atoms with E-state index >= 15 is 0 Å². The molecule has 0 spiro atoms. The molecular formula is C8H12NO3P. The fraction of sp³-hybridized carbons (Fsp3) is 0.250. The van der Waals surface area contributed by atoms with Crippen LogP contribution in [0.3, 0.4) is 0 Å². The van der Waals surface area contributed by atoms with E-state index in [-0.39, 0.29) is 0 Å². The molecule has 0 aromatic heterocycles. The molecule has 0 aliphatic rings. The van der Waals surface area contributed by atoms with E-state index in [0.717, 1.165) is 0 Å². The van der Waals surface area contributed by atoms with E-state index in [1.807, 2.05) is 0 Å². The van der Waals surface area contributed by atoms with Crippen LogP contribution in [0.25, 0.3) is 0 Å². The lowest BCUT2D eigenvalue weighted by atomic mass is 10.3. The molecule has 13 heavy (non-hydrogen) atoms. The fourth-order valence-corrected chi connectivity index (χ4v) is 1.31. The maximum Gasteiger partial charge on any atom is 0.392 e. The lowest BCUT2D eigenvalue weighted by Crippen LogP contribution is -2.18. The maximum absolute atomic E-state index is 11.3. The van der Waals surface area contributed by atoms with Gasteiger partial charge in [0.25, 0.3) is 0 Å².